The number of likely N-dealkylation sites (N-methyl/N-ethyl adjacent to an activating group) is 1. The second kappa shape index (κ2) is 9.36. The third-order valence-electron chi connectivity index (χ3n) is 3.57. The summed E-state index contributed by atoms with van der Waals surface area (Å²) >= 11 is 0. The molecule has 0 fully saturated rings. The van der Waals surface area contributed by atoms with Gasteiger partial charge in [0.15, 0.2) is 0 Å². The zero-order valence-electron chi connectivity index (χ0n) is 14.0. The lowest BCUT2D eigenvalue weighted by atomic mass is 10.2. The third-order valence-corrected chi connectivity index (χ3v) is 3.57. The molecule has 0 aliphatic heterocycles. The van der Waals surface area contributed by atoms with Gasteiger partial charge >= 0.3 is 0 Å². The molecule has 0 saturated carbocycles. The highest BCUT2D eigenvalue weighted by atomic mass is 16.5. The first-order chi connectivity index (χ1) is 11.7. The number of hydrogen-bond donors (Lipinski definition) is 0. The van der Waals surface area contributed by atoms with Crippen molar-refractivity contribution in [1.82, 2.24) is 4.90 Å². The Labute approximate surface area is 143 Å². The summed E-state index contributed by atoms with van der Waals surface area (Å²) in [5.41, 5.74) is 2.06. The smallest absolute Gasteiger partial charge is 0.246 e. The second-order valence-corrected chi connectivity index (χ2v) is 5.35. The number of benzene rings is 2. The Kier molecular flexibility index (Phi) is 6.84. The van der Waals surface area contributed by atoms with Crippen LogP contribution in [0.3, 0.4) is 0 Å². The highest BCUT2D eigenvalue weighted by Crippen LogP contribution is 2.16. The number of amides is 1. The van der Waals surface area contributed by atoms with E-state index >= 15 is 0 Å². The monoisotopic (exact) mass is 321 g/mol. The van der Waals surface area contributed by atoms with E-state index in [4.69, 9.17) is 4.74 Å². The van der Waals surface area contributed by atoms with Crippen LogP contribution in [-0.2, 0) is 11.4 Å². The summed E-state index contributed by atoms with van der Waals surface area (Å²) in [5, 5.41) is 0. The molecule has 0 saturated heterocycles. The normalized spacial score (nSPS) is 10.5. The van der Waals surface area contributed by atoms with Crippen molar-refractivity contribution in [3.63, 3.8) is 0 Å². The Balaban J connectivity index is 1.98. The number of nitrogens with zero attached hydrogens (tertiary/aromatic N) is 1. The highest BCUT2D eigenvalue weighted by Gasteiger charge is 2.05. The van der Waals surface area contributed by atoms with Crippen molar-refractivity contribution < 1.29 is 9.53 Å². The topological polar surface area (TPSA) is 29.5 Å². The van der Waals surface area contributed by atoms with Crippen LogP contribution in [0, 0.1) is 0 Å². The minimum absolute atomic E-state index is 0.0204. The van der Waals surface area contributed by atoms with E-state index in [2.05, 4.69) is 6.58 Å². The zero-order chi connectivity index (χ0) is 17.2. The lowest BCUT2D eigenvalue weighted by molar-refractivity contribution is -0.125. The Morgan fingerprint density at radius 1 is 1.17 bits per heavy atom. The van der Waals surface area contributed by atoms with Crippen LogP contribution in [0.5, 0.6) is 5.75 Å². The van der Waals surface area contributed by atoms with Gasteiger partial charge in [-0.05, 0) is 36.3 Å². The quantitative estimate of drug-likeness (QED) is 0.535. The van der Waals surface area contributed by atoms with Gasteiger partial charge in [-0.1, -0.05) is 48.5 Å². The van der Waals surface area contributed by atoms with E-state index in [0.29, 0.717) is 19.7 Å². The fraction of sp³-hybridized carbons (Fsp3) is 0.190. The summed E-state index contributed by atoms with van der Waals surface area (Å²) in [6.45, 7) is 7.36. The Bertz CT molecular complexity index is 692. The molecule has 0 heterocycles. The van der Waals surface area contributed by atoms with Gasteiger partial charge in [0.25, 0.3) is 0 Å². The molecule has 2 aromatic rings. The van der Waals surface area contributed by atoms with Gasteiger partial charge in [-0.15, -0.1) is 6.58 Å². The molecule has 0 unspecified atom stereocenters. The van der Waals surface area contributed by atoms with Crippen LogP contribution >= 0.6 is 0 Å². The molecular formula is C21H23NO2. The van der Waals surface area contributed by atoms with Crippen LogP contribution < -0.4 is 4.74 Å². The molecule has 0 aliphatic carbocycles. The molecule has 24 heavy (non-hydrogen) atoms. The zero-order valence-corrected chi connectivity index (χ0v) is 14.0. The lowest BCUT2D eigenvalue weighted by Crippen LogP contribution is -2.29. The van der Waals surface area contributed by atoms with Crippen molar-refractivity contribution >= 4 is 12.0 Å². The van der Waals surface area contributed by atoms with E-state index in [-0.39, 0.29) is 5.91 Å². The van der Waals surface area contributed by atoms with Crippen molar-refractivity contribution in [2.75, 3.05) is 13.1 Å². The number of ether oxygens (including phenoxy) is 1. The summed E-state index contributed by atoms with van der Waals surface area (Å²) in [6, 6.07) is 17.7. The van der Waals surface area contributed by atoms with E-state index in [1.807, 2.05) is 67.6 Å². The average molecular weight is 321 g/mol. The molecule has 0 spiro atoms. The van der Waals surface area contributed by atoms with E-state index in [0.717, 1.165) is 16.9 Å². The first-order valence-corrected chi connectivity index (χ1v) is 8.07. The molecule has 0 aliphatic rings. The molecule has 2 aromatic carbocycles. The van der Waals surface area contributed by atoms with Gasteiger partial charge in [-0.2, -0.15) is 0 Å². The predicted octanol–water partition coefficient (Wildman–Crippen LogP) is 4.31. The fourth-order valence-corrected chi connectivity index (χ4v) is 2.25. The molecule has 124 valence electrons. The largest absolute Gasteiger partial charge is 0.489 e. The second-order valence-electron chi connectivity index (χ2n) is 5.35. The van der Waals surface area contributed by atoms with Crippen molar-refractivity contribution in [2.24, 2.45) is 0 Å². The van der Waals surface area contributed by atoms with Crippen LogP contribution in [0.15, 0.2) is 73.3 Å². The summed E-state index contributed by atoms with van der Waals surface area (Å²) < 4.78 is 5.80. The molecule has 0 N–H and O–H groups in total. The number of carbonyl (C=O) groups excluding carboxylic acids is 1. The van der Waals surface area contributed by atoms with E-state index in [9.17, 15) is 4.79 Å². The number of carbonyl (C=O) groups is 1. The predicted molar refractivity (Wildman–Crippen MR) is 98.7 cm³/mol. The molecule has 1 amide bonds. The molecule has 2 rings (SSSR count). The molecule has 0 atom stereocenters. The first kappa shape index (κ1) is 17.5. The van der Waals surface area contributed by atoms with Crippen LogP contribution in [0.1, 0.15) is 18.1 Å². The maximum absolute atomic E-state index is 12.1. The third kappa shape index (κ3) is 5.43. The molecule has 0 aromatic heterocycles. The first-order valence-electron chi connectivity index (χ1n) is 8.07. The van der Waals surface area contributed by atoms with E-state index in [1.54, 1.807) is 17.1 Å². The SMILES string of the molecule is C=CCN(CC)C(=O)/C=C/c1cccc(OCc2ccccc2)c1. The average Bonchev–Trinajstić information content (AvgIpc) is 2.63. The Hall–Kier alpha value is -2.81. The lowest BCUT2D eigenvalue weighted by Gasteiger charge is -2.16. The van der Waals surface area contributed by atoms with Gasteiger partial charge in [0.05, 0.1) is 0 Å². The van der Waals surface area contributed by atoms with E-state index in [1.165, 1.54) is 0 Å². The van der Waals surface area contributed by atoms with Gasteiger partial charge < -0.3 is 9.64 Å². The molecule has 3 nitrogen and oxygen atoms in total. The minimum Gasteiger partial charge on any atom is -0.489 e. The van der Waals surface area contributed by atoms with Crippen molar-refractivity contribution in [3.8, 4) is 5.75 Å². The maximum Gasteiger partial charge on any atom is 0.246 e. The van der Waals surface area contributed by atoms with Gasteiger partial charge in [0, 0.05) is 19.2 Å². The van der Waals surface area contributed by atoms with Crippen molar-refractivity contribution in [3.05, 3.63) is 84.5 Å². The summed E-state index contributed by atoms with van der Waals surface area (Å²) in [5.74, 6) is 0.764. The van der Waals surface area contributed by atoms with Gasteiger partial charge in [-0.3, -0.25) is 4.79 Å². The summed E-state index contributed by atoms with van der Waals surface area (Å²) in [4.78, 5) is 13.8. The number of hydrogen-bond acceptors (Lipinski definition) is 2. The highest BCUT2D eigenvalue weighted by molar-refractivity contribution is 5.91. The van der Waals surface area contributed by atoms with Crippen molar-refractivity contribution in [1.29, 1.82) is 0 Å². The Morgan fingerprint density at radius 2 is 1.96 bits per heavy atom. The maximum atomic E-state index is 12.1. The molecule has 0 radical (unpaired) electrons. The number of rotatable bonds is 8. The Morgan fingerprint density at radius 3 is 2.67 bits per heavy atom. The molecular weight excluding hydrogens is 298 g/mol. The van der Waals surface area contributed by atoms with Crippen LogP contribution in [0.2, 0.25) is 0 Å². The van der Waals surface area contributed by atoms with Crippen LogP contribution in [0.4, 0.5) is 0 Å². The van der Waals surface area contributed by atoms with Crippen LogP contribution in [-0.4, -0.2) is 23.9 Å². The van der Waals surface area contributed by atoms with Gasteiger partial charge in [-0.25, -0.2) is 0 Å². The minimum atomic E-state index is -0.0204. The van der Waals surface area contributed by atoms with E-state index < -0.39 is 0 Å². The molecule has 3 heteroatoms. The van der Waals surface area contributed by atoms with Gasteiger partial charge in [0.1, 0.15) is 12.4 Å². The van der Waals surface area contributed by atoms with Gasteiger partial charge in [0.2, 0.25) is 5.91 Å². The van der Waals surface area contributed by atoms with Crippen LogP contribution in [0.25, 0.3) is 6.08 Å². The summed E-state index contributed by atoms with van der Waals surface area (Å²) in [7, 11) is 0. The fourth-order valence-electron chi connectivity index (χ4n) is 2.25. The standard InChI is InChI=1S/C21H23NO2/c1-3-15-22(4-2)21(23)14-13-18-11-8-12-20(16-18)24-17-19-9-6-5-7-10-19/h3,5-14,16H,1,4,15,17H2,2H3/b14-13+. The molecule has 0 bridgehead atoms. The van der Waals surface area contributed by atoms with Crippen molar-refractivity contribution in [2.45, 2.75) is 13.5 Å². The summed E-state index contributed by atoms with van der Waals surface area (Å²) in [6.07, 6.45) is 5.13.